The summed E-state index contributed by atoms with van der Waals surface area (Å²) >= 11 is 0. The highest BCUT2D eigenvalue weighted by atomic mass is 28.3. The lowest BCUT2D eigenvalue weighted by Gasteiger charge is -2.32. The standard InChI is InChI=1S/C28H26Si/c1-28(2,3)24-18-12-20-26-27(24)23-17-10-11-19-25(23)29(26,21-13-6-4-7-14-21)22-15-8-5-9-16-22/h4-20H,1-3H3. The minimum atomic E-state index is -2.34. The molecule has 0 saturated heterocycles. The minimum absolute atomic E-state index is 0.0936. The molecule has 4 aromatic rings. The molecule has 29 heavy (non-hydrogen) atoms. The van der Waals surface area contributed by atoms with Crippen molar-refractivity contribution in [2.45, 2.75) is 26.2 Å². The quantitative estimate of drug-likeness (QED) is 0.393. The maximum absolute atomic E-state index is 2.40. The van der Waals surface area contributed by atoms with E-state index < -0.39 is 8.07 Å². The first kappa shape index (κ1) is 18.1. The van der Waals surface area contributed by atoms with Gasteiger partial charge in [0.05, 0.1) is 0 Å². The molecule has 0 amide bonds. The van der Waals surface area contributed by atoms with Crippen LogP contribution in [0, 0.1) is 0 Å². The summed E-state index contributed by atoms with van der Waals surface area (Å²) < 4.78 is 0. The fourth-order valence-corrected chi connectivity index (χ4v) is 10.3. The maximum atomic E-state index is 2.40. The van der Waals surface area contributed by atoms with Crippen LogP contribution < -0.4 is 20.7 Å². The van der Waals surface area contributed by atoms with E-state index in [1.54, 1.807) is 0 Å². The van der Waals surface area contributed by atoms with Crippen molar-refractivity contribution in [3.63, 3.8) is 0 Å². The van der Waals surface area contributed by atoms with Crippen molar-refractivity contribution < 1.29 is 0 Å². The molecular weight excluding hydrogens is 364 g/mol. The summed E-state index contributed by atoms with van der Waals surface area (Å²) in [5.41, 5.74) is 4.43. The number of benzene rings is 4. The summed E-state index contributed by atoms with van der Waals surface area (Å²) in [6.45, 7) is 6.99. The largest absolute Gasteiger partial charge is 0.180 e. The molecule has 142 valence electrons. The van der Waals surface area contributed by atoms with Crippen molar-refractivity contribution in [3.05, 3.63) is 109 Å². The first-order valence-electron chi connectivity index (χ1n) is 10.4. The Hall–Kier alpha value is -2.90. The van der Waals surface area contributed by atoms with E-state index in [0.717, 1.165) is 0 Å². The summed E-state index contributed by atoms with van der Waals surface area (Å²) in [6, 6.07) is 38.5. The zero-order valence-corrected chi connectivity index (χ0v) is 18.3. The number of hydrogen-bond donors (Lipinski definition) is 0. The fourth-order valence-electron chi connectivity index (χ4n) is 5.12. The average Bonchev–Trinajstić information content (AvgIpc) is 3.06. The molecule has 1 heterocycles. The van der Waals surface area contributed by atoms with Crippen molar-refractivity contribution in [1.29, 1.82) is 0 Å². The van der Waals surface area contributed by atoms with Gasteiger partial charge < -0.3 is 0 Å². The van der Waals surface area contributed by atoms with Gasteiger partial charge in [-0.3, -0.25) is 0 Å². The van der Waals surface area contributed by atoms with Crippen LogP contribution in [0.15, 0.2) is 103 Å². The Labute approximate surface area is 174 Å². The average molecular weight is 391 g/mol. The zero-order valence-electron chi connectivity index (χ0n) is 17.3. The van der Waals surface area contributed by atoms with Gasteiger partial charge in [0.25, 0.3) is 0 Å². The highest BCUT2D eigenvalue weighted by molar-refractivity contribution is 7.22. The Kier molecular flexibility index (Phi) is 4.11. The lowest BCUT2D eigenvalue weighted by atomic mass is 9.82. The highest BCUT2D eigenvalue weighted by Gasteiger charge is 2.49. The van der Waals surface area contributed by atoms with Crippen LogP contribution in [-0.4, -0.2) is 8.07 Å². The van der Waals surface area contributed by atoms with Gasteiger partial charge in [0.2, 0.25) is 0 Å². The number of fused-ring (bicyclic) bond motifs is 3. The first-order valence-corrected chi connectivity index (χ1v) is 12.4. The van der Waals surface area contributed by atoms with Crippen LogP contribution in [0.25, 0.3) is 11.1 Å². The molecule has 0 unspecified atom stereocenters. The number of rotatable bonds is 2. The predicted molar refractivity (Wildman–Crippen MR) is 128 cm³/mol. The van der Waals surface area contributed by atoms with Gasteiger partial charge in [-0.25, -0.2) is 0 Å². The monoisotopic (exact) mass is 390 g/mol. The van der Waals surface area contributed by atoms with Gasteiger partial charge in [-0.1, -0.05) is 124 Å². The molecule has 5 rings (SSSR count). The van der Waals surface area contributed by atoms with E-state index in [1.165, 1.54) is 37.4 Å². The van der Waals surface area contributed by atoms with Gasteiger partial charge >= 0.3 is 0 Å². The molecule has 1 aliphatic heterocycles. The van der Waals surface area contributed by atoms with Gasteiger partial charge in [-0.2, -0.15) is 0 Å². The Morgan fingerprint density at radius 3 is 1.62 bits per heavy atom. The van der Waals surface area contributed by atoms with E-state index in [1.807, 2.05) is 0 Å². The van der Waals surface area contributed by atoms with Crippen molar-refractivity contribution in [1.82, 2.24) is 0 Å². The molecule has 0 bridgehead atoms. The van der Waals surface area contributed by atoms with Gasteiger partial charge in [-0.15, -0.1) is 0 Å². The summed E-state index contributed by atoms with van der Waals surface area (Å²) in [5.74, 6) is 0. The van der Waals surface area contributed by atoms with E-state index in [4.69, 9.17) is 0 Å². The van der Waals surface area contributed by atoms with Gasteiger partial charge in [0.15, 0.2) is 8.07 Å². The third-order valence-corrected chi connectivity index (χ3v) is 11.2. The summed E-state index contributed by atoms with van der Waals surface area (Å²) in [6.07, 6.45) is 0. The molecule has 0 aliphatic carbocycles. The minimum Gasteiger partial charge on any atom is -0.0623 e. The van der Waals surface area contributed by atoms with Crippen LogP contribution in [0.1, 0.15) is 26.3 Å². The van der Waals surface area contributed by atoms with Gasteiger partial charge in [0, 0.05) is 0 Å². The smallest absolute Gasteiger partial charge is 0.0623 e. The van der Waals surface area contributed by atoms with Crippen LogP contribution in [0.3, 0.4) is 0 Å². The van der Waals surface area contributed by atoms with E-state index >= 15 is 0 Å². The zero-order chi connectivity index (χ0) is 20.1. The Bertz CT molecular complexity index is 1130. The Morgan fingerprint density at radius 2 is 1.03 bits per heavy atom. The molecule has 0 fully saturated rings. The Balaban J connectivity index is 1.99. The Morgan fingerprint density at radius 1 is 0.517 bits per heavy atom. The third-order valence-electron chi connectivity index (χ3n) is 6.29. The molecule has 1 heteroatoms. The summed E-state index contributed by atoms with van der Waals surface area (Å²) in [7, 11) is -2.34. The van der Waals surface area contributed by atoms with Crippen LogP contribution in [-0.2, 0) is 5.41 Å². The predicted octanol–water partition coefficient (Wildman–Crippen LogP) is 4.34. The molecule has 0 saturated carbocycles. The van der Waals surface area contributed by atoms with Crippen LogP contribution in [0.4, 0.5) is 0 Å². The summed E-state index contributed by atoms with van der Waals surface area (Å²) in [4.78, 5) is 0. The molecule has 4 aromatic carbocycles. The second kappa shape index (κ2) is 6.57. The van der Waals surface area contributed by atoms with Crippen molar-refractivity contribution in [2.24, 2.45) is 0 Å². The maximum Gasteiger partial charge on any atom is 0.180 e. The molecule has 0 aromatic heterocycles. The molecular formula is C28H26Si. The van der Waals surface area contributed by atoms with E-state index in [2.05, 4.69) is 124 Å². The fraction of sp³-hybridized carbons (Fsp3) is 0.143. The number of hydrogen-bond acceptors (Lipinski definition) is 0. The van der Waals surface area contributed by atoms with Crippen molar-refractivity contribution >= 4 is 28.8 Å². The van der Waals surface area contributed by atoms with E-state index in [9.17, 15) is 0 Å². The molecule has 0 spiro atoms. The lowest BCUT2D eigenvalue weighted by Crippen LogP contribution is -2.72. The highest BCUT2D eigenvalue weighted by Crippen LogP contribution is 2.36. The van der Waals surface area contributed by atoms with E-state index in [0.29, 0.717) is 0 Å². The van der Waals surface area contributed by atoms with Gasteiger partial charge in [0.1, 0.15) is 0 Å². The van der Waals surface area contributed by atoms with Crippen LogP contribution >= 0.6 is 0 Å². The topological polar surface area (TPSA) is 0 Å². The lowest BCUT2D eigenvalue weighted by molar-refractivity contribution is 0.592. The second-order valence-electron chi connectivity index (χ2n) is 9.01. The second-order valence-corrected chi connectivity index (χ2v) is 12.7. The normalized spacial score (nSPS) is 14.3. The summed E-state index contributed by atoms with van der Waals surface area (Å²) in [5, 5.41) is 5.97. The molecule has 1 aliphatic rings. The van der Waals surface area contributed by atoms with Crippen molar-refractivity contribution in [3.8, 4) is 11.1 Å². The molecule has 0 N–H and O–H groups in total. The molecule has 0 atom stereocenters. The van der Waals surface area contributed by atoms with Crippen molar-refractivity contribution in [2.75, 3.05) is 0 Å². The van der Waals surface area contributed by atoms with Crippen LogP contribution in [0.5, 0.6) is 0 Å². The SMILES string of the molecule is CC(C)(C)c1cccc2c1-c1ccccc1[Si]2(c1ccccc1)c1ccccc1. The molecule has 0 radical (unpaired) electrons. The third kappa shape index (κ3) is 2.58. The first-order chi connectivity index (χ1) is 14.0. The molecule has 0 nitrogen and oxygen atoms in total. The van der Waals surface area contributed by atoms with E-state index in [-0.39, 0.29) is 5.41 Å². The van der Waals surface area contributed by atoms with Crippen LogP contribution in [0.2, 0.25) is 0 Å². The van der Waals surface area contributed by atoms with Gasteiger partial charge in [-0.05, 0) is 42.9 Å².